The molecule has 0 aliphatic rings. The first-order valence-corrected chi connectivity index (χ1v) is 5.90. The molecule has 0 amide bonds. The number of pyridine rings is 1. The number of nitrogens with two attached hydrogens (primary N) is 1. The zero-order chi connectivity index (χ0) is 13.1. The van der Waals surface area contributed by atoms with Gasteiger partial charge >= 0.3 is 0 Å². The van der Waals surface area contributed by atoms with E-state index in [1.54, 1.807) is 6.20 Å². The molecule has 0 saturated heterocycles. The van der Waals surface area contributed by atoms with Crippen molar-refractivity contribution < 1.29 is 4.52 Å². The fourth-order valence-electron chi connectivity index (χ4n) is 1.78. The summed E-state index contributed by atoms with van der Waals surface area (Å²) in [5.41, 5.74) is 8.27. The molecule has 3 rings (SSSR count). The molecule has 2 N–H and O–H groups in total. The molecule has 5 heteroatoms. The summed E-state index contributed by atoms with van der Waals surface area (Å²) >= 11 is 0. The number of aromatic nitrogens is 3. The fraction of sp³-hybridized carbons (Fsp3) is 0.0714. The summed E-state index contributed by atoms with van der Waals surface area (Å²) in [6, 6.07) is 13.2. The van der Waals surface area contributed by atoms with Gasteiger partial charge < -0.3 is 10.3 Å². The molecule has 0 radical (unpaired) electrons. The van der Waals surface area contributed by atoms with Crippen molar-refractivity contribution in [3.8, 4) is 11.5 Å². The van der Waals surface area contributed by atoms with Gasteiger partial charge in [-0.1, -0.05) is 29.4 Å². The highest BCUT2D eigenvalue weighted by atomic mass is 16.5. The van der Waals surface area contributed by atoms with Crippen molar-refractivity contribution in [3.63, 3.8) is 0 Å². The Morgan fingerprint density at radius 1 is 1.05 bits per heavy atom. The van der Waals surface area contributed by atoms with Crippen molar-refractivity contribution in [2.75, 3.05) is 5.73 Å². The standard InChI is InChI=1S/C14H12N4O/c15-11-6-2-1-5-10(11)9-13-17-14(18-19-13)12-7-3-4-8-16-12/h1-8H,9,15H2. The van der Waals surface area contributed by atoms with E-state index in [0.717, 1.165) is 11.3 Å². The highest BCUT2D eigenvalue weighted by molar-refractivity contribution is 5.49. The van der Waals surface area contributed by atoms with Crippen molar-refractivity contribution in [2.45, 2.75) is 6.42 Å². The average Bonchev–Trinajstić information content (AvgIpc) is 2.91. The van der Waals surface area contributed by atoms with E-state index in [0.29, 0.717) is 23.8 Å². The molecule has 0 aliphatic heterocycles. The summed E-state index contributed by atoms with van der Waals surface area (Å²) in [6.07, 6.45) is 2.22. The van der Waals surface area contributed by atoms with Crippen LogP contribution in [0.1, 0.15) is 11.5 Å². The van der Waals surface area contributed by atoms with Crippen LogP contribution in [0, 0.1) is 0 Å². The quantitative estimate of drug-likeness (QED) is 0.724. The van der Waals surface area contributed by atoms with Gasteiger partial charge in [-0.2, -0.15) is 4.98 Å². The van der Waals surface area contributed by atoms with Gasteiger partial charge in [0.1, 0.15) is 5.69 Å². The maximum atomic E-state index is 5.88. The summed E-state index contributed by atoms with van der Waals surface area (Å²) in [5, 5.41) is 3.92. The molecule has 19 heavy (non-hydrogen) atoms. The second-order valence-corrected chi connectivity index (χ2v) is 4.10. The molecule has 3 aromatic rings. The maximum Gasteiger partial charge on any atom is 0.231 e. The van der Waals surface area contributed by atoms with Crippen LogP contribution in [0.15, 0.2) is 53.2 Å². The zero-order valence-electron chi connectivity index (χ0n) is 10.2. The molecule has 2 heterocycles. The third kappa shape index (κ3) is 2.44. The van der Waals surface area contributed by atoms with Gasteiger partial charge in [-0.15, -0.1) is 0 Å². The third-order valence-electron chi connectivity index (χ3n) is 2.76. The lowest BCUT2D eigenvalue weighted by atomic mass is 10.1. The van der Waals surface area contributed by atoms with E-state index < -0.39 is 0 Å². The van der Waals surface area contributed by atoms with E-state index in [4.69, 9.17) is 10.3 Å². The Hall–Kier alpha value is -2.69. The Morgan fingerprint density at radius 2 is 1.89 bits per heavy atom. The van der Waals surface area contributed by atoms with Gasteiger partial charge in [-0.25, -0.2) is 0 Å². The van der Waals surface area contributed by atoms with Gasteiger partial charge in [-0.05, 0) is 23.8 Å². The van der Waals surface area contributed by atoms with E-state index in [9.17, 15) is 0 Å². The first kappa shape index (κ1) is 11.4. The molecular formula is C14H12N4O. The number of nitrogen functional groups attached to an aromatic ring is 1. The SMILES string of the molecule is Nc1ccccc1Cc1nc(-c2ccccn2)no1. The fourth-order valence-corrected chi connectivity index (χ4v) is 1.78. The van der Waals surface area contributed by atoms with Crippen LogP contribution >= 0.6 is 0 Å². The lowest BCUT2D eigenvalue weighted by Gasteiger charge is -2.00. The summed E-state index contributed by atoms with van der Waals surface area (Å²) in [4.78, 5) is 8.50. The molecular weight excluding hydrogens is 240 g/mol. The molecule has 0 bridgehead atoms. The number of anilines is 1. The van der Waals surface area contributed by atoms with E-state index >= 15 is 0 Å². The van der Waals surface area contributed by atoms with E-state index in [1.807, 2.05) is 42.5 Å². The van der Waals surface area contributed by atoms with Crippen molar-refractivity contribution in [3.05, 3.63) is 60.1 Å². The minimum absolute atomic E-state index is 0.491. The Labute approximate surface area is 110 Å². The number of benzene rings is 1. The summed E-state index contributed by atoms with van der Waals surface area (Å²) in [5.74, 6) is 1.02. The van der Waals surface area contributed by atoms with Crippen molar-refractivity contribution in [1.82, 2.24) is 15.1 Å². The van der Waals surface area contributed by atoms with Gasteiger partial charge in [0.2, 0.25) is 11.7 Å². The van der Waals surface area contributed by atoms with E-state index in [1.165, 1.54) is 0 Å². The van der Waals surface area contributed by atoms with Crippen LogP contribution in [0.5, 0.6) is 0 Å². The molecule has 1 aromatic carbocycles. The first-order valence-electron chi connectivity index (χ1n) is 5.90. The van der Waals surface area contributed by atoms with Crippen molar-refractivity contribution in [2.24, 2.45) is 0 Å². The summed E-state index contributed by atoms with van der Waals surface area (Å²) in [6.45, 7) is 0. The Balaban J connectivity index is 1.85. The second-order valence-electron chi connectivity index (χ2n) is 4.10. The van der Waals surface area contributed by atoms with Crippen LogP contribution in [-0.4, -0.2) is 15.1 Å². The number of para-hydroxylation sites is 1. The number of rotatable bonds is 3. The van der Waals surface area contributed by atoms with Crippen molar-refractivity contribution in [1.29, 1.82) is 0 Å². The lowest BCUT2D eigenvalue weighted by Crippen LogP contribution is -1.95. The van der Waals surface area contributed by atoms with Crippen molar-refractivity contribution >= 4 is 5.69 Å². The Morgan fingerprint density at radius 3 is 2.68 bits per heavy atom. The topological polar surface area (TPSA) is 77.8 Å². The zero-order valence-corrected chi connectivity index (χ0v) is 10.2. The summed E-state index contributed by atoms with van der Waals surface area (Å²) < 4.78 is 5.22. The predicted octanol–water partition coefficient (Wildman–Crippen LogP) is 2.30. The number of nitrogens with zero attached hydrogens (tertiary/aromatic N) is 3. The third-order valence-corrected chi connectivity index (χ3v) is 2.76. The Kier molecular flexibility index (Phi) is 2.94. The first-order chi connectivity index (χ1) is 9.33. The normalized spacial score (nSPS) is 10.5. The molecule has 0 atom stereocenters. The van der Waals surface area contributed by atoms with Crippen LogP contribution in [0.2, 0.25) is 0 Å². The predicted molar refractivity (Wildman–Crippen MR) is 71.2 cm³/mol. The van der Waals surface area contributed by atoms with Crippen LogP contribution in [-0.2, 0) is 6.42 Å². The van der Waals surface area contributed by atoms with Gasteiger partial charge in [-0.3, -0.25) is 4.98 Å². The molecule has 2 aromatic heterocycles. The second kappa shape index (κ2) is 4.89. The molecule has 94 valence electrons. The van der Waals surface area contributed by atoms with Gasteiger partial charge in [0.15, 0.2) is 0 Å². The van der Waals surface area contributed by atoms with Gasteiger partial charge in [0.05, 0.1) is 6.42 Å². The molecule has 0 unspecified atom stereocenters. The number of hydrogen-bond donors (Lipinski definition) is 1. The highest BCUT2D eigenvalue weighted by Crippen LogP contribution is 2.17. The maximum absolute atomic E-state index is 5.88. The minimum Gasteiger partial charge on any atom is -0.398 e. The average molecular weight is 252 g/mol. The van der Waals surface area contributed by atoms with E-state index in [-0.39, 0.29) is 0 Å². The molecule has 0 aliphatic carbocycles. The molecule has 0 spiro atoms. The number of hydrogen-bond acceptors (Lipinski definition) is 5. The molecule has 5 nitrogen and oxygen atoms in total. The van der Waals surface area contributed by atoms with Crippen LogP contribution < -0.4 is 5.73 Å². The van der Waals surface area contributed by atoms with Crippen LogP contribution in [0.4, 0.5) is 5.69 Å². The van der Waals surface area contributed by atoms with Crippen LogP contribution in [0.25, 0.3) is 11.5 Å². The van der Waals surface area contributed by atoms with Gasteiger partial charge in [0.25, 0.3) is 0 Å². The van der Waals surface area contributed by atoms with Crippen LogP contribution in [0.3, 0.4) is 0 Å². The van der Waals surface area contributed by atoms with Gasteiger partial charge in [0, 0.05) is 11.9 Å². The van der Waals surface area contributed by atoms with E-state index in [2.05, 4.69) is 15.1 Å². The lowest BCUT2D eigenvalue weighted by molar-refractivity contribution is 0.385. The largest absolute Gasteiger partial charge is 0.398 e. The monoisotopic (exact) mass is 252 g/mol. The Bertz CT molecular complexity index is 679. The minimum atomic E-state index is 0.491. The smallest absolute Gasteiger partial charge is 0.231 e. The highest BCUT2D eigenvalue weighted by Gasteiger charge is 2.10. The summed E-state index contributed by atoms with van der Waals surface area (Å²) in [7, 11) is 0. The molecule has 0 saturated carbocycles. The molecule has 0 fully saturated rings.